The summed E-state index contributed by atoms with van der Waals surface area (Å²) in [6.45, 7) is 19.2. The van der Waals surface area contributed by atoms with Gasteiger partial charge in [-0.15, -0.1) is 11.8 Å². The second-order valence-corrected chi connectivity index (χ2v) is 7.79. The fourth-order valence-electron chi connectivity index (χ4n) is 2.32. The molecule has 0 aromatic heterocycles. The molecule has 0 unspecified atom stereocenters. The Morgan fingerprint density at radius 1 is 0.962 bits per heavy atom. The average Bonchev–Trinajstić information content (AvgIpc) is 2.59. The molecule has 2 aromatic carbocycles. The van der Waals surface area contributed by atoms with E-state index in [0.29, 0.717) is 0 Å². The fraction of sp³-hybridized carbons (Fsp3) is 0.333. The van der Waals surface area contributed by atoms with E-state index < -0.39 is 0 Å². The molecule has 2 aromatic rings. The van der Waals surface area contributed by atoms with E-state index in [2.05, 4.69) is 83.0 Å². The minimum Gasteiger partial charge on any atom is -0.494 e. The van der Waals surface area contributed by atoms with E-state index in [9.17, 15) is 0 Å². The maximum Gasteiger partial charge on any atom is 0.122 e. The van der Waals surface area contributed by atoms with Gasteiger partial charge in [0, 0.05) is 0 Å². The summed E-state index contributed by atoms with van der Waals surface area (Å²) in [5.74, 6) is 1.01. The second-order valence-electron chi connectivity index (χ2n) is 6.62. The van der Waals surface area contributed by atoms with Gasteiger partial charge >= 0.3 is 0 Å². The number of thioether (sulfide) groups is 1. The predicted octanol–water partition coefficient (Wildman–Crippen LogP) is 7.63. The molecule has 2 heteroatoms. The fourth-order valence-corrected chi connectivity index (χ4v) is 2.83. The standard InChI is InChI=1S/C13H16S.C11H16O/c1-10(2)14-9-12(4)13-7-5-11(3)6-8-13;1-5-12-11-7-9(3)8(2)6-10(11)4/h5-9H,1H2,2-4H3;6-7H,5H2,1-4H3/b12-9+;. The highest BCUT2D eigenvalue weighted by Crippen LogP contribution is 2.23. The van der Waals surface area contributed by atoms with Crippen molar-refractivity contribution in [1.29, 1.82) is 0 Å². The second kappa shape index (κ2) is 10.9. The quantitative estimate of drug-likeness (QED) is 0.536. The van der Waals surface area contributed by atoms with Crippen LogP contribution in [0.25, 0.3) is 5.57 Å². The molecule has 0 aliphatic heterocycles. The normalized spacial score (nSPS) is 10.8. The Labute approximate surface area is 164 Å². The van der Waals surface area contributed by atoms with Crippen LogP contribution in [-0.4, -0.2) is 6.61 Å². The molecule has 0 saturated carbocycles. The van der Waals surface area contributed by atoms with E-state index in [1.807, 2.05) is 13.8 Å². The van der Waals surface area contributed by atoms with Gasteiger partial charge in [-0.25, -0.2) is 0 Å². The van der Waals surface area contributed by atoms with Crippen LogP contribution in [0.15, 0.2) is 53.3 Å². The molecule has 0 bridgehead atoms. The summed E-state index contributed by atoms with van der Waals surface area (Å²) in [7, 11) is 0. The minimum absolute atomic E-state index is 0.739. The molecule has 0 radical (unpaired) electrons. The van der Waals surface area contributed by atoms with Gasteiger partial charge < -0.3 is 4.74 Å². The molecule has 0 aliphatic carbocycles. The van der Waals surface area contributed by atoms with Crippen LogP contribution in [0.4, 0.5) is 0 Å². The topological polar surface area (TPSA) is 9.23 Å². The van der Waals surface area contributed by atoms with Gasteiger partial charge in [-0.2, -0.15) is 0 Å². The van der Waals surface area contributed by atoms with Crippen LogP contribution >= 0.6 is 11.8 Å². The molecule has 0 atom stereocenters. The van der Waals surface area contributed by atoms with Crippen LogP contribution in [0, 0.1) is 27.7 Å². The summed E-state index contributed by atoms with van der Waals surface area (Å²) in [4.78, 5) is 1.12. The molecule has 1 nitrogen and oxygen atoms in total. The first kappa shape index (κ1) is 22.1. The first-order chi connectivity index (χ1) is 12.2. The molecule has 2 rings (SSSR count). The molecule has 0 saturated heterocycles. The highest BCUT2D eigenvalue weighted by Gasteiger charge is 2.01. The minimum atomic E-state index is 0.739. The molecule has 26 heavy (non-hydrogen) atoms. The maximum absolute atomic E-state index is 5.47. The zero-order valence-corrected chi connectivity index (χ0v) is 18.1. The van der Waals surface area contributed by atoms with Crippen molar-refractivity contribution in [1.82, 2.24) is 0 Å². The summed E-state index contributed by atoms with van der Waals surface area (Å²) in [6, 6.07) is 12.9. The summed E-state index contributed by atoms with van der Waals surface area (Å²) in [5.41, 5.74) is 7.72. The molecule has 140 valence electrons. The van der Waals surface area contributed by atoms with Gasteiger partial charge in [-0.1, -0.05) is 42.5 Å². The van der Waals surface area contributed by atoms with E-state index in [1.54, 1.807) is 11.8 Å². The van der Waals surface area contributed by atoms with Gasteiger partial charge in [-0.3, -0.25) is 0 Å². The summed E-state index contributed by atoms with van der Waals surface area (Å²) in [5, 5.41) is 2.15. The molecule has 0 aliphatic rings. The maximum atomic E-state index is 5.47. The predicted molar refractivity (Wildman–Crippen MR) is 119 cm³/mol. The van der Waals surface area contributed by atoms with Crippen molar-refractivity contribution < 1.29 is 4.74 Å². The van der Waals surface area contributed by atoms with Crippen molar-refractivity contribution in [3.05, 3.63) is 81.1 Å². The van der Waals surface area contributed by atoms with Crippen LogP contribution in [0.1, 0.15) is 48.6 Å². The Balaban J connectivity index is 0.000000263. The lowest BCUT2D eigenvalue weighted by Gasteiger charge is -2.09. The van der Waals surface area contributed by atoms with Crippen molar-refractivity contribution in [2.75, 3.05) is 6.61 Å². The molecule has 0 fully saturated rings. The lowest BCUT2D eigenvalue weighted by Crippen LogP contribution is -1.95. The van der Waals surface area contributed by atoms with Gasteiger partial charge in [0.25, 0.3) is 0 Å². The van der Waals surface area contributed by atoms with Crippen LogP contribution in [0.2, 0.25) is 0 Å². The first-order valence-electron chi connectivity index (χ1n) is 9.01. The van der Waals surface area contributed by atoms with Crippen molar-refractivity contribution in [2.24, 2.45) is 0 Å². The zero-order valence-electron chi connectivity index (χ0n) is 17.3. The van der Waals surface area contributed by atoms with Crippen molar-refractivity contribution in [2.45, 2.75) is 48.5 Å². The van der Waals surface area contributed by atoms with Crippen molar-refractivity contribution in [3.8, 4) is 5.75 Å². The number of hydrogen-bond donors (Lipinski definition) is 0. The number of hydrogen-bond acceptors (Lipinski definition) is 2. The van der Waals surface area contributed by atoms with Gasteiger partial charge in [-0.05, 0) is 92.7 Å². The highest BCUT2D eigenvalue weighted by molar-refractivity contribution is 8.05. The number of rotatable bonds is 5. The third-order valence-corrected chi connectivity index (χ3v) is 4.91. The Hall–Kier alpha value is -1.93. The van der Waals surface area contributed by atoms with E-state index in [1.165, 1.54) is 33.4 Å². The summed E-state index contributed by atoms with van der Waals surface area (Å²) in [6.07, 6.45) is 0. The number of aryl methyl sites for hydroxylation is 4. The Morgan fingerprint density at radius 3 is 2.08 bits per heavy atom. The third kappa shape index (κ3) is 7.53. The first-order valence-corrected chi connectivity index (χ1v) is 9.89. The Morgan fingerprint density at radius 2 is 1.54 bits per heavy atom. The van der Waals surface area contributed by atoms with Crippen LogP contribution in [0.3, 0.4) is 0 Å². The summed E-state index contributed by atoms with van der Waals surface area (Å²) < 4.78 is 5.47. The molecule has 0 heterocycles. The van der Waals surface area contributed by atoms with Crippen molar-refractivity contribution >= 4 is 17.3 Å². The smallest absolute Gasteiger partial charge is 0.122 e. The lowest BCUT2D eigenvalue weighted by molar-refractivity contribution is 0.337. The highest BCUT2D eigenvalue weighted by atomic mass is 32.2. The number of allylic oxidation sites excluding steroid dienone is 2. The van der Waals surface area contributed by atoms with E-state index in [0.717, 1.165) is 17.3 Å². The summed E-state index contributed by atoms with van der Waals surface area (Å²) >= 11 is 1.68. The third-order valence-electron chi connectivity index (χ3n) is 4.03. The monoisotopic (exact) mass is 368 g/mol. The zero-order chi connectivity index (χ0) is 19.7. The number of benzene rings is 2. The molecule has 0 spiro atoms. The van der Waals surface area contributed by atoms with Gasteiger partial charge in [0.05, 0.1) is 6.61 Å². The molecule has 0 amide bonds. The van der Waals surface area contributed by atoms with E-state index in [-0.39, 0.29) is 0 Å². The Bertz CT molecular complexity index is 755. The largest absolute Gasteiger partial charge is 0.494 e. The SMILES string of the molecule is C=C(C)S/C=C(\C)c1ccc(C)cc1.CCOc1cc(C)c(C)cc1C. The van der Waals surface area contributed by atoms with Crippen LogP contribution < -0.4 is 4.74 Å². The van der Waals surface area contributed by atoms with Gasteiger partial charge in [0.2, 0.25) is 0 Å². The van der Waals surface area contributed by atoms with Crippen LogP contribution in [0.5, 0.6) is 5.75 Å². The van der Waals surface area contributed by atoms with Crippen LogP contribution in [-0.2, 0) is 0 Å². The lowest BCUT2D eigenvalue weighted by atomic mass is 10.1. The van der Waals surface area contributed by atoms with E-state index >= 15 is 0 Å². The van der Waals surface area contributed by atoms with Crippen molar-refractivity contribution in [3.63, 3.8) is 0 Å². The van der Waals surface area contributed by atoms with Gasteiger partial charge in [0.1, 0.15) is 5.75 Å². The number of ether oxygens (including phenoxy) is 1. The van der Waals surface area contributed by atoms with Gasteiger partial charge in [0.15, 0.2) is 0 Å². The van der Waals surface area contributed by atoms with E-state index in [4.69, 9.17) is 4.74 Å². The molecule has 0 N–H and O–H groups in total. The molecular formula is C24H32OS. The Kier molecular flexibility index (Phi) is 9.29. The molecular weight excluding hydrogens is 336 g/mol. The average molecular weight is 369 g/mol.